The van der Waals surface area contributed by atoms with E-state index >= 15 is 0 Å². The van der Waals surface area contributed by atoms with Crippen LogP contribution in [0.4, 0.5) is 0 Å². The van der Waals surface area contributed by atoms with Gasteiger partial charge < -0.3 is 10.1 Å². The molecule has 1 N–H and O–H groups in total. The fourth-order valence-electron chi connectivity index (χ4n) is 3.85. The third-order valence-electron chi connectivity index (χ3n) is 5.30. The number of hydrogen-bond acceptors (Lipinski definition) is 3. The molecule has 0 bridgehead atoms. The van der Waals surface area contributed by atoms with Gasteiger partial charge in [-0.25, -0.2) is 0 Å². The number of hydrogen-bond donors (Lipinski definition) is 1. The number of piperidine rings is 1. The monoisotopic (exact) mass is 332 g/mol. The number of aromatic nitrogens is 1. The molecule has 0 unspecified atom stereocenters. The zero-order chi connectivity index (χ0) is 17.0. The summed E-state index contributed by atoms with van der Waals surface area (Å²) in [6.45, 7) is 3.46. The maximum absolute atomic E-state index is 6.26. The van der Waals surface area contributed by atoms with Crippen LogP contribution in [-0.2, 0) is 16.8 Å². The van der Waals surface area contributed by atoms with Crippen LogP contribution in [0.15, 0.2) is 66.9 Å². The fraction of sp³-hybridized carbons (Fsp3) is 0.318. The van der Waals surface area contributed by atoms with E-state index in [9.17, 15) is 0 Å². The second-order valence-corrected chi connectivity index (χ2v) is 6.88. The first-order valence-corrected chi connectivity index (χ1v) is 9.04. The first-order chi connectivity index (χ1) is 12.4. The van der Waals surface area contributed by atoms with Crippen molar-refractivity contribution in [3.8, 4) is 0 Å². The van der Waals surface area contributed by atoms with Crippen molar-refractivity contribution < 1.29 is 4.74 Å². The van der Waals surface area contributed by atoms with Gasteiger partial charge in [0.25, 0.3) is 0 Å². The highest BCUT2D eigenvalue weighted by atomic mass is 16.5. The predicted molar refractivity (Wildman–Crippen MR) is 102 cm³/mol. The predicted octanol–water partition coefficient (Wildman–Crippen LogP) is 4.07. The van der Waals surface area contributed by atoms with Gasteiger partial charge >= 0.3 is 0 Å². The molecule has 0 aliphatic carbocycles. The number of para-hydroxylation sites is 1. The van der Waals surface area contributed by atoms with Crippen LogP contribution in [0, 0.1) is 0 Å². The van der Waals surface area contributed by atoms with Crippen molar-refractivity contribution in [2.75, 3.05) is 19.7 Å². The van der Waals surface area contributed by atoms with E-state index in [-0.39, 0.29) is 5.41 Å². The van der Waals surface area contributed by atoms with E-state index in [1.54, 1.807) is 0 Å². The van der Waals surface area contributed by atoms with Gasteiger partial charge in [-0.3, -0.25) is 4.98 Å². The Morgan fingerprint density at radius 3 is 2.56 bits per heavy atom. The summed E-state index contributed by atoms with van der Waals surface area (Å²) in [6, 6.07) is 21.2. The third kappa shape index (κ3) is 3.44. The minimum absolute atomic E-state index is 0.116. The van der Waals surface area contributed by atoms with Crippen molar-refractivity contribution in [1.82, 2.24) is 10.3 Å². The molecule has 3 heteroatoms. The van der Waals surface area contributed by atoms with Crippen molar-refractivity contribution in [2.45, 2.75) is 24.9 Å². The molecule has 3 nitrogen and oxygen atoms in total. The number of benzene rings is 2. The van der Waals surface area contributed by atoms with Crippen LogP contribution < -0.4 is 5.32 Å². The van der Waals surface area contributed by atoms with Crippen LogP contribution in [0.25, 0.3) is 10.9 Å². The summed E-state index contributed by atoms with van der Waals surface area (Å²) in [6.07, 6.45) is 4.08. The van der Waals surface area contributed by atoms with Gasteiger partial charge in [-0.15, -0.1) is 0 Å². The lowest BCUT2D eigenvalue weighted by Crippen LogP contribution is -2.43. The normalized spacial score (nSPS) is 16.8. The first-order valence-electron chi connectivity index (χ1n) is 9.04. The molecule has 0 amide bonds. The summed E-state index contributed by atoms with van der Waals surface area (Å²) >= 11 is 0. The number of ether oxygens (including phenoxy) is 1. The fourth-order valence-corrected chi connectivity index (χ4v) is 3.85. The van der Waals surface area contributed by atoms with E-state index in [2.05, 4.69) is 64.9 Å². The molecule has 0 radical (unpaired) electrons. The molecule has 3 aromatic rings. The molecule has 128 valence electrons. The Labute approximate surface area is 149 Å². The average molecular weight is 332 g/mol. The van der Waals surface area contributed by atoms with Crippen LogP contribution in [-0.4, -0.2) is 24.7 Å². The highest BCUT2D eigenvalue weighted by molar-refractivity contribution is 5.81. The molecule has 2 aromatic carbocycles. The summed E-state index contributed by atoms with van der Waals surface area (Å²) in [5.41, 5.74) is 3.72. The van der Waals surface area contributed by atoms with Gasteiger partial charge in [0, 0.05) is 22.6 Å². The Kier molecular flexibility index (Phi) is 4.77. The van der Waals surface area contributed by atoms with Gasteiger partial charge in [0.05, 0.1) is 18.7 Å². The van der Waals surface area contributed by atoms with E-state index in [1.165, 1.54) is 10.9 Å². The van der Waals surface area contributed by atoms with Gasteiger partial charge in [-0.1, -0.05) is 54.6 Å². The lowest BCUT2D eigenvalue weighted by molar-refractivity contribution is 0.0570. The molecular formula is C22H24N2O. The Morgan fingerprint density at radius 2 is 1.72 bits per heavy atom. The zero-order valence-corrected chi connectivity index (χ0v) is 14.4. The molecule has 1 saturated heterocycles. The van der Waals surface area contributed by atoms with Crippen molar-refractivity contribution >= 4 is 10.9 Å². The molecule has 1 fully saturated rings. The first kappa shape index (κ1) is 16.2. The molecule has 4 rings (SSSR count). The van der Waals surface area contributed by atoms with E-state index in [4.69, 9.17) is 4.74 Å². The molecule has 25 heavy (non-hydrogen) atoms. The van der Waals surface area contributed by atoms with Gasteiger partial charge in [-0.2, -0.15) is 0 Å². The molecule has 1 aromatic heterocycles. The number of fused-ring (bicyclic) bond motifs is 1. The topological polar surface area (TPSA) is 34.1 Å². The van der Waals surface area contributed by atoms with Crippen LogP contribution in [0.3, 0.4) is 0 Å². The van der Waals surface area contributed by atoms with Gasteiger partial charge in [-0.05, 0) is 37.6 Å². The van der Waals surface area contributed by atoms with Crippen molar-refractivity contribution in [2.24, 2.45) is 0 Å². The Morgan fingerprint density at radius 1 is 0.920 bits per heavy atom. The summed E-state index contributed by atoms with van der Waals surface area (Å²) in [4.78, 5) is 4.53. The van der Waals surface area contributed by atoms with Crippen LogP contribution in [0.5, 0.6) is 0 Å². The lowest BCUT2D eigenvalue weighted by atomic mass is 9.74. The quantitative estimate of drug-likeness (QED) is 0.765. The van der Waals surface area contributed by atoms with Crippen molar-refractivity contribution in [1.29, 1.82) is 0 Å². The Bertz CT molecular complexity index is 820. The largest absolute Gasteiger partial charge is 0.376 e. The Hall–Kier alpha value is -2.23. The number of rotatable bonds is 5. The van der Waals surface area contributed by atoms with Gasteiger partial charge in [0.15, 0.2) is 0 Å². The molecule has 0 atom stereocenters. The van der Waals surface area contributed by atoms with Crippen molar-refractivity contribution in [3.05, 3.63) is 78.0 Å². The molecule has 2 heterocycles. The van der Waals surface area contributed by atoms with E-state index in [0.29, 0.717) is 6.61 Å². The van der Waals surface area contributed by atoms with E-state index in [1.807, 2.05) is 12.3 Å². The molecule has 0 saturated carbocycles. The number of nitrogens with one attached hydrogen (secondary N) is 1. The highest BCUT2D eigenvalue weighted by Gasteiger charge is 2.34. The van der Waals surface area contributed by atoms with Crippen LogP contribution >= 0.6 is 0 Å². The maximum atomic E-state index is 6.26. The van der Waals surface area contributed by atoms with Crippen molar-refractivity contribution in [3.63, 3.8) is 0 Å². The third-order valence-corrected chi connectivity index (χ3v) is 5.30. The minimum Gasteiger partial charge on any atom is -0.376 e. The second-order valence-electron chi connectivity index (χ2n) is 6.88. The number of nitrogens with zero attached hydrogens (tertiary/aromatic N) is 1. The van der Waals surface area contributed by atoms with E-state index < -0.39 is 0 Å². The average Bonchev–Trinajstić information content (AvgIpc) is 2.70. The molecule has 1 aliphatic rings. The summed E-state index contributed by atoms with van der Waals surface area (Å²) < 4.78 is 6.26. The summed E-state index contributed by atoms with van der Waals surface area (Å²) in [7, 11) is 0. The minimum atomic E-state index is 0.116. The van der Waals surface area contributed by atoms with Gasteiger partial charge in [0.2, 0.25) is 0 Å². The summed E-state index contributed by atoms with van der Waals surface area (Å²) in [5.74, 6) is 0. The van der Waals surface area contributed by atoms with E-state index in [0.717, 1.165) is 43.6 Å². The Balaban J connectivity index is 1.52. The second kappa shape index (κ2) is 7.34. The van der Waals surface area contributed by atoms with Crippen LogP contribution in [0.2, 0.25) is 0 Å². The zero-order valence-electron chi connectivity index (χ0n) is 14.4. The van der Waals surface area contributed by atoms with Crippen LogP contribution in [0.1, 0.15) is 24.0 Å². The molecule has 1 aliphatic heterocycles. The standard InChI is InChI=1S/C22H24N2O/c1-2-9-20(10-3-1)22(11-14-23-15-12-22)17-25-16-19-7-4-6-18-8-5-13-24-21(18)19/h1-10,13,23H,11-12,14-17H2. The highest BCUT2D eigenvalue weighted by Crippen LogP contribution is 2.34. The van der Waals surface area contributed by atoms with Gasteiger partial charge in [0.1, 0.15) is 0 Å². The molecular weight excluding hydrogens is 308 g/mol. The summed E-state index contributed by atoms with van der Waals surface area (Å²) in [5, 5.41) is 4.65. The number of pyridine rings is 1. The SMILES string of the molecule is c1ccc(C2(COCc3cccc4cccnc34)CCNCC2)cc1. The maximum Gasteiger partial charge on any atom is 0.0757 e. The lowest BCUT2D eigenvalue weighted by Gasteiger charge is -2.38. The molecule has 0 spiro atoms. The smallest absolute Gasteiger partial charge is 0.0757 e.